The van der Waals surface area contributed by atoms with Crippen molar-refractivity contribution in [3.05, 3.63) is 65.7 Å². The molecule has 2 aromatic rings. The van der Waals surface area contributed by atoms with Crippen LogP contribution in [0.4, 0.5) is 0 Å². The summed E-state index contributed by atoms with van der Waals surface area (Å²) < 4.78 is 10.5. The molecule has 0 amide bonds. The van der Waals surface area contributed by atoms with Gasteiger partial charge in [0.15, 0.2) is 5.54 Å². The number of cyclic esters (lactones) is 1. The molecule has 0 N–H and O–H groups in total. The molecule has 1 heterocycles. The fourth-order valence-corrected chi connectivity index (χ4v) is 2.45. The minimum Gasteiger partial charge on any atom is -0.497 e. The van der Waals surface area contributed by atoms with Crippen LogP contribution >= 0.6 is 0 Å². The largest absolute Gasteiger partial charge is 0.497 e. The van der Waals surface area contributed by atoms with Crippen LogP contribution in [0.3, 0.4) is 0 Å². The first-order valence-electron chi connectivity index (χ1n) is 7.11. The predicted molar refractivity (Wildman–Crippen MR) is 84.2 cm³/mol. The molecule has 22 heavy (non-hydrogen) atoms. The standard InChI is InChI=1S/C18H17NO3/c1-18(12-13-8-10-15(21-2)11-9-13)17(20)22-16(19-18)14-6-4-3-5-7-14/h3-11H,12H2,1-2H3/t18-/m0/s1. The summed E-state index contributed by atoms with van der Waals surface area (Å²) in [6, 6.07) is 17.1. The molecule has 0 aromatic heterocycles. The molecule has 4 nitrogen and oxygen atoms in total. The summed E-state index contributed by atoms with van der Waals surface area (Å²) in [5, 5.41) is 0. The summed E-state index contributed by atoms with van der Waals surface area (Å²) in [4.78, 5) is 16.8. The van der Waals surface area contributed by atoms with Gasteiger partial charge in [0.05, 0.1) is 7.11 Å². The van der Waals surface area contributed by atoms with E-state index in [1.165, 1.54) is 0 Å². The van der Waals surface area contributed by atoms with Crippen LogP contribution in [0.5, 0.6) is 5.75 Å². The number of carbonyl (C=O) groups excluding carboxylic acids is 1. The Hall–Kier alpha value is -2.62. The first-order chi connectivity index (χ1) is 10.6. The summed E-state index contributed by atoms with van der Waals surface area (Å²) >= 11 is 0. The van der Waals surface area contributed by atoms with Gasteiger partial charge in [-0.05, 0) is 36.8 Å². The molecule has 0 aliphatic carbocycles. The minimum absolute atomic E-state index is 0.317. The van der Waals surface area contributed by atoms with Crippen LogP contribution in [-0.2, 0) is 16.0 Å². The minimum atomic E-state index is -0.889. The second kappa shape index (κ2) is 5.64. The highest BCUT2D eigenvalue weighted by Crippen LogP contribution is 2.27. The molecule has 0 saturated carbocycles. The normalized spacial score (nSPS) is 20.5. The van der Waals surface area contributed by atoms with E-state index in [1.54, 1.807) is 14.0 Å². The second-order valence-corrected chi connectivity index (χ2v) is 5.47. The van der Waals surface area contributed by atoms with E-state index in [0.717, 1.165) is 16.9 Å². The van der Waals surface area contributed by atoms with Gasteiger partial charge in [-0.25, -0.2) is 9.79 Å². The maximum atomic E-state index is 12.2. The van der Waals surface area contributed by atoms with E-state index in [0.29, 0.717) is 12.3 Å². The molecule has 0 radical (unpaired) electrons. The Balaban J connectivity index is 1.85. The van der Waals surface area contributed by atoms with E-state index in [2.05, 4.69) is 4.99 Å². The maximum absolute atomic E-state index is 12.2. The Morgan fingerprint density at radius 2 is 1.77 bits per heavy atom. The molecule has 1 atom stereocenters. The number of hydrogen-bond donors (Lipinski definition) is 0. The van der Waals surface area contributed by atoms with E-state index in [-0.39, 0.29) is 5.97 Å². The van der Waals surface area contributed by atoms with Crippen LogP contribution in [-0.4, -0.2) is 24.5 Å². The average Bonchev–Trinajstić information content (AvgIpc) is 2.84. The van der Waals surface area contributed by atoms with Gasteiger partial charge in [-0.1, -0.05) is 30.3 Å². The topological polar surface area (TPSA) is 47.9 Å². The number of methoxy groups -OCH3 is 1. The van der Waals surface area contributed by atoms with E-state index >= 15 is 0 Å². The fourth-order valence-electron chi connectivity index (χ4n) is 2.45. The third kappa shape index (κ3) is 2.72. The highest BCUT2D eigenvalue weighted by atomic mass is 16.6. The number of esters is 1. The number of ether oxygens (including phenoxy) is 2. The Labute approximate surface area is 129 Å². The Morgan fingerprint density at radius 3 is 2.41 bits per heavy atom. The van der Waals surface area contributed by atoms with Crippen LogP contribution in [0.2, 0.25) is 0 Å². The lowest BCUT2D eigenvalue weighted by molar-refractivity contribution is -0.138. The van der Waals surface area contributed by atoms with Crippen LogP contribution in [0.15, 0.2) is 59.6 Å². The number of rotatable bonds is 4. The predicted octanol–water partition coefficient (Wildman–Crippen LogP) is 3.00. The average molecular weight is 295 g/mol. The molecular weight excluding hydrogens is 278 g/mol. The first kappa shape index (κ1) is 14.3. The summed E-state index contributed by atoms with van der Waals surface area (Å²) in [6.45, 7) is 1.80. The molecular formula is C18H17NO3. The van der Waals surface area contributed by atoms with Crippen molar-refractivity contribution in [3.8, 4) is 5.75 Å². The van der Waals surface area contributed by atoms with Gasteiger partial charge in [-0.3, -0.25) is 0 Å². The quantitative estimate of drug-likeness (QED) is 0.815. The lowest BCUT2D eigenvalue weighted by Gasteiger charge is -2.16. The van der Waals surface area contributed by atoms with Crippen LogP contribution < -0.4 is 4.74 Å². The van der Waals surface area contributed by atoms with Gasteiger partial charge in [0.25, 0.3) is 0 Å². The zero-order valence-corrected chi connectivity index (χ0v) is 12.6. The molecule has 0 unspecified atom stereocenters. The van der Waals surface area contributed by atoms with Gasteiger partial charge in [-0.15, -0.1) is 0 Å². The summed E-state index contributed by atoms with van der Waals surface area (Å²) in [5.74, 6) is 0.861. The number of aliphatic imine (C=N–C) groups is 1. The molecule has 0 spiro atoms. The van der Waals surface area contributed by atoms with Crippen molar-refractivity contribution in [2.75, 3.05) is 7.11 Å². The summed E-state index contributed by atoms with van der Waals surface area (Å²) in [5.41, 5.74) is 0.937. The third-order valence-electron chi connectivity index (χ3n) is 3.71. The number of nitrogens with zero attached hydrogens (tertiary/aromatic N) is 1. The van der Waals surface area contributed by atoms with Crippen LogP contribution in [0.25, 0.3) is 0 Å². The summed E-state index contributed by atoms with van der Waals surface area (Å²) in [7, 11) is 1.63. The van der Waals surface area contributed by atoms with Crippen molar-refractivity contribution in [1.29, 1.82) is 0 Å². The van der Waals surface area contributed by atoms with E-state index < -0.39 is 5.54 Å². The van der Waals surface area contributed by atoms with Gasteiger partial charge in [-0.2, -0.15) is 0 Å². The summed E-state index contributed by atoms with van der Waals surface area (Å²) in [6.07, 6.45) is 0.492. The van der Waals surface area contributed by atoms with Gasteiger partial charge in [0.2, 0.25) is 5.90 Å². The highest BCUT2D eigenvalue weighted by Gasteiger charge is 2.42. The Morgan fingerprint density at radius 1 is 1.09 bits per heavy atom. The second-order valence-electron chi connectivity index (χ2n) is 5.47. The van der Waals surface area contributed by atoms with E-state index in [9.17, 15) is 4.79 Å². The molecule has 2 aromatic carbocycles. The fraction of sp³-hybridized carbons (Fsp3) is 0.222. The smallest absolute Gasteiger partial charge is 0.340 e. The monoisotopic (exact) mass is 295 g/mol. The lowest BCUT2D eigenvalue weighted by Crippen LogP contribution is -2.32. The van der Waals surface area contributed by atoms with Crippen molar-refractivity contribution >= 4 is 11.9 Å². The van der Waals surface area contributed by atoms with Crippen molar-refractivity contribution in [3.63, 3.8) is 0 Å². The highest BCUT2D eigenvalue weighted by molar-refractivity contribution is 6.07. The van der Waals surface area contributed by atoms with Gasteiger partial charge < -0.3 is 9.47 Å². The van der Waals surface area contributed by atoms with Gasteiger partial charge in [0, 0.05) is 12.0 Å². The lowest BCUT2D eigenvalue weighted by atomic mass is 9.94. The van der Waals surface area contributed by atoms with Crippen LogP contribution in [0.1, 0.15) is 18.1 Å². The molecule has 3 rings (SSSR count). The first-order valence-corrected chi connectivity index (χ1v) is 7.11. The van der Waals surface area contributed by atoms with Gasteiger partial charge in [0.1, 0.15) is 5.75 Å². The third-order valence-corrected chi connectivity index (χ3v) is 3.71. The SMILES string of the molecule is COc1ccc(C[C@]2(C)N=C(c3ccccc3)OC2=O)cc1. The maximum Gasteiger partial charge on any atom is 0.340 e. The Bertz CT molecular complexity index is 707. The molecule has 0 bridgehead atoms. The van der Waals surface area contributed by atoms with Crippen molar-refractivity contribution in [1.82, 2.24) is 0 Å². The molecule has 1 aliphatic heterocycles. The van der Waals surface area contributed by atoms with Crippen LogP contribution in [0, 0.1) is 0 Å². The van der Waals surface area contributed by atoms with Crippen molar-refractivity contribution < 1.29 is 14.3 Å². The molecule has 4 heteroatoms. The molecule has 1 aliphatic rings. The molecule has 0 saturated heterocycles. The van der Waals surface area contributed by atoms with E-state index in [1.807, 2.05) is 54.6 Å². The molecule has 0 fully saturated rings. The zero-order valence-electron chi connectivity index (χ0n) is 12.6. The van der Waals surface area contributed by atoms with Crippen molar-refractivity contribution in [2.45, 2.75) is 18.9 Å². The van der Waals surface area contributed by atoms with Crippen molar-refractivity contribution in [2.24, 2.45) is 4.99 Å². The van der Waals surface area contributed by atoms with Gasteiger partial charge >= 0.3 is 5.97 Å². The zero-order chi connectivity index (χ0) is 15.6. The Kier molecular flexibility index (Phi) is 3.67. The number of hydrogen-bond acceptors (Lipinski definition) is 4. The molecule has 112 valence electrons. The number of carbonyl (C=O) groups is 1. The number of benzene rings is 2. The van der Waals surface area contributed by atoms with E-state index in [4.69, 9.17) is 9.47 Å².